The van der Waals surface area contributed by atoms with Crippen molar-refractivity contribution in [1.82, 2.24) is 5.32 Å². The van der Waals surface area contributed by atoms with Gasteiger partial charge in [-0.15, -0.1) is 0 Å². The number of nitrogens with two attached hydrogens (primary N) is 1. The van der Waals surface area contributed by atoms with Crippen LogP contribution < -0.4 is 11.1 Å². The number of hydrogen-bond acceptors (Lipinski definition) is 4. The average Bonchev–Trinajstić information content (AvgIpc) is 2.86. The number of hydrogen-bond donors (Lipinski definition) is 3. The molecule has 1 heterocycles. The Balaban J connectivity index is 2.43. The Kier molecular flexibility index (Phi) is 6.95. The Morgan fingerprint density at radius 3 is 2.65 bits per heavy atom. The third-order valence-electron chi connectivity index (χ3n) is 3.86. The lowest BCUT2D eigenvalue weighted by atomic mass is 9.93. The van der Waals surface area contributed by atoms with Crippen molar-refractivity contribution in [2.45, 2.75) is 51.0 Å². The second kappa shape index (κ2) is 8.21. The number of carbonyl (C=O) groups is 2. The van der Waals surface area contributed by atoms with E-state index in [1.54, 1.807) is 0 Å². The van der Waals surface area contributed by atoms with Crippen molar-refractivity contribution < 1.29 is 19.4 Å². The molecule has 20 heavy (non-hydrogen) atoms. The minimum atomic E-state index is -1.23. The van der Waals surface area contributed by atoms with Crippen LogP contribution in [0, 0.1) is 5.92 Å². The van der Waals surface area contributed by atoms with Gasteiger partial charge in [0.1, 0.15) is 0 Å². The molecule has 0 aliphatic carbocycles. The SMILES string of the molecule is CCCC(CCN)CCC(=O)NC1(C(=O)O)CCOC1. The largest absolute Gasteiger partial charge is 0.479 e. The average molecular weight is 286 g/mol. The van der Waals surface area contributed by atoms with Crippen LogP contribution in [0.3, 0.4) is 0 Å². The zero-order chi connectivity index (χ0) is 15.0. The third kappa shape index (κ3) is 4.76. The summed E-state index contributed by atoms with van der Waals surface area (Å²) in [5.41, 5.74) is 4.33. The number of carboxylic acids is 1. The highest BCUT2D eigenvalue weighted by Crippen LogP contribution is 2.21. The molecule has 2 atom stereocenters. The molecule has 6 heteroatoms. The van der Waals surface area contributed by atoms with Gasteiger partial charge in [0.2, 0.25) is 5.91 Å². The Bertz CT molecular complexity index is 321. The molecule has 0 aromatic carbocycles. The summed E-state index contributed by atoms with van der Waals surface area (Å²) in [5, 5.41) is 11.9. The quantitative estimate of drug-likeness (QED) is 0.584. The van der Waals surface area contributed by atoms with Crippen molar-refractivity contribution >= 4 is 11.9 Å². The van der Waals surface area contributed by atoms with Crippen molar-refractivity contribution in [2.24, 2.45) is 11.7 Å². The van der Waals surface area contributed by atoms with Crippen molar-refractivity contribution in [3.8, 4) is 0 Å². The van der Waals surface area contributed by atoms with Crippen LogP contribution in [0.5, 0.6) is 0 Å². The van der Waals surface area contributed by atoms with Gasteiger partial charge in [-0.2, -0.15) is 0 Å². The number of aliphatic carboxylic acids is 1. The van der Waals surface area contributed by atoms with Crippen LogP contribution >= 0.6 is 0 Å². The van der Waals surface area contributed by atoms with Crippen LogP contribution in [0.15, 0.2) is 0 Å². The molecule has 1 saturated heterocycles. The summed E-state index contributed by atoms with van der Waals surface area (Å²) in [6.07, 6.45) is 4.47. The molecule has 0 radical (unpaired) electrons. The van der Waals surface area contributed by atoms with Crippen LogP contribution in [-0.4, -0.2) is 42.3 Å². The summed E-state index contributed by atoms with van der Waals surface area (Å²) < 4.78 is 5.11. The van der Waals surface area contributed by atoms with Gasteiger partial charge in [-0.1, -0.05) is 19.8 Å². The van der Waals surface area contributed by atoms with E-state index in [1.807, 2.05) is 0 Å². The molecule has 1 amide bonds. The zero-order valence-electron chi connectivity index (χ0n) is 12.2. The standard InChI is InChI=1S/C14H26N2O4/c1-2-3-11(6-8-15)4-5-12(17)16-14(13(18)19)7-9-20-10-14/h11H,2-10,15H2,1H3,(H,16,17)(H,18,19). The van der Waals surface area contributed by atoms with Crippen LogP contribution in [0.2, 0.25) is 0 Å². The van der Waals surface area contributed by atoms with Gasteiger partial charge in [-0.3, -0.25) is 4.79 Å². The highest BCUT2D eigenvalue weighted by Gasteiger charge is 2.43. The van der Waals surface area contributed by atoms with E-state index in [0.717, 1.165) is 25.7 Å². The van der Waals surface area contributed by atoms with E-state index in [2.05, 4.69) is 12.2 Å². The lowest BCUT2D eigenvalue weighted by Gasteiger charge is -2.24. The number of carbonyl (C=O) groups excluding carboxylic acids is 1. The lowest BCUT2D eigenvalue weighted by molar-refractivity contribution is -0.147. The van der Waals surface area contributed by atoms with E-state index >= 15 is 0 Å². The molecule has 0 aromatic rings. The normalized spacial score (nSPS) is 23.5. The molecule has 1 fully saturated rings. The van der Waals surface area contributed by atoms with E-state index in [0.29, 0.717) is 31.9 Å². The predicted molar refractivity (Wildman–Crippen MR) is 75.2 cm³/mol. The van der Waals surface area contributed by atoms with Gasteiger partial charge >= 0.3 is 5.97 Å². The first-order valence-corrected chi connectivity index (χ1v) is 7.36. The van der Waals surface area contributed by atoms with Crippen LogP contribution in [0.4, 0.5) is 0 Å². The second-order valence-corrected chi connectivity index (χ2v) is 5.51. The van der Waals surface area contributed by atoms with E-state index in [4.69, 9.17) is 10.5 Å². The number of rotatable bonds is 9. The third-order valence-corrected chi connectivity index (χ3v) is 3.86. The number of ether oxygens (including phenoxy) is 1. The number of amides is 1. The molecular weight excluding hydrogens is 260 g/mol. The van der Waals surface area contributed by atoms with Crippen LogP contribution in [-0.2, 0) is 14.3 Å². The summed E-state index contributed by atoms with van der Waals surface area (Å²) >= 11 is 0. The summed E-state index contributed by atoms with van der Waals surface area (Å²) in [7, 11) is 0. The summed E-state index contributed by atoms with van der Waals surface area (Å²) in [4.78, 5) is 23.3. The Labute approximate surface area is 120 Å². The molecule has 0 spiro atoms. The maximum Gasteiger partial charge on any atom is 0.331 e. The van der Waals surface area contributed by atoms with Gasteiger partial charge in [-0.05, 0) is 25.3 Å². The Hall–Kier alpha value is -1.14. The molecule has 1 aliphatic rings. The van der Waals surface area contributed by atoms with Crippen LogP contribution in [0.25, 0.3) is 0 Å². The maximum atomic E-state index is 12.0. The Morgan fingerprint density at radius 2 is 2.15 bits per heavy atom. The van der Waals surface area contributed by atoms with E-state index in [-0.39, 0.29) is 12.5 Å². The smallest absolute Gasteiger partial charge is 0.331 e. The first-order chi connectivity index (χ1) is 9.54. The predicted octanol–water partition coefficient (Wildman–Crippen LogP) is 0.892. The van der Waals surface area contributed by atoms with E-state index in [9.17, 15) is 14.7 Å². The van der Waals surface area contributed by atoms with Gasteiger partial charge in [0.25, 0.3) is 0 Å². The first-order valence-electron chi connectivity index (χ1n) is 7.36. The molecule has 0 aromatic heterocycles. The van der Waals surface area contributed by atoms with Gasteiger partial charge in [-0.25, -0.2) is 4.79 Å². The molecule has 0 saturated carbocycles. The molecule has 4 N–H and O–H groups in total. The number of nitrogens with one attached hydrogen (secondary N) is 1. The first kappa shape index (κ1) is 16.9. The van der Waals surface area contributed by atoms with E-state index < -0.39 is 11.5 Å². The molecule has 1 aliphatic heterocycles. The van der Waals surface area contributed by atoms with Crippen molar-refractivity contribution in [2.75, 3.05) is 19.8 Å². The van der Waals surface area contributed by atoms with Gasteiger partial charge in [0, 0.05) is 19.4 Å². The molecule has 2 unspecified atom stereocenters. The second-order valence-electron chi connectivity index (χ2n) is 5.51. The fourth-order valence-electron chi connectivity index (χ4n) is 2.63. The fraction of sp³-hybridized carbons (Fsp3) is 0.857. The summed E-state index contributed by atoms with van der Waals surface area (Å²) in [6, 6.07) is 0. The molecule has 116 valence electrons. The Morgan fingerprint density at radius 1 is 1.40 bits per heavy atom. The monoisotopic (exact) mass is 286 g/mol. The zero-order valence-corrected chi connectivity index (χ0v) is 12.2. The molecule has 1 rings (SSSR count). The van der Waals surface area contributed by atoms with E-state index in [1.165, 1.54) is 0 Å². The minimum absolute atomic E-state index is 0.0509. The highest BCUT2D eigenvalue weighted by atomic mass is 16.5. The molecule has 0 bridgehead atoms. The lowest BCUT2D eigenvalue weighted by Crippen LogP contribution is -2.55. The summed E-state index contributed by atoms with van der Waals surface area (Å²) in [6.45, 7) is 3.16. The molecule has 6 nitrogen and oxygen atoms in total. The van der Waals surface area contributed by atoms with Crippen molar-refractivity contribution in [3.05, 3.63) is 0 Å². The van der Waals surface area contributed by atoms with Gasteiger partial charge < -0.3 is 20.9 Å². The van der Waals surface area contributed by atoms with Crippen molar-refractivity contribution in [1.29, 1.82) is 0 Å². The van der Waals surface area contributed by atoms with Gasteiger partial charge in [0.15, 0.2) is 5.54 Å². The van der Waals surface area contributed by atoms with Crippen LogP contribution in [0.1, 0.15) is 45.4 Å². The highest BCUT2D eigenvalue weighted by molar-refractivity contribution is 5.87. The molecular formula is C14H26N2O4. The number of carboxylic acid groups (broad SMARTS) is 1. The fourth-order valence-corrected chi connectivity index (χ4v) is 2.63. The maximum absolute atomic E-state index is 12.0. The van der Waals surface area contributed by atoms with Crippen molar-refractivity contribution in [3.63, 3.8) is 0 Å². The summed E-state index contributed by atoms with van der Waals surface area (Å²) in [5.74, 6) is -0.789. The topological polar surface area (TPSA) is 102 Å². The van der Waals surface area contributed by atoms with Gasteiger partial charge in [0.05, 0.1) is 6.61 Å². The minimum Gasteiger partial charge on any atom is -0.479 e.